The number of hydrogen-bond donors (Lipinski definition) is 1. The summed E-state index contributed by atoms with van der Waals surface area (Å²) >= 11 is 0. The summed E-state index contributed by atoms with van der Waals surface area (Å²) in [5.74, 6) is 1.52. The Hall–Kier alpha value is -1.77. The number of ether oxygens (including phenoxy) is 1. The van der Waals surface area contributed by atoms with Gasteiger partial charge < -0.3 is 10.5 Å². The Labute approximate surface area is 102 Å². The maximum atomic E-state index is 5.87. The van der Waals surface area contributed by atoms with Gasteiger partial charge in [-0.15, -0.1) is 0 Å². The molecule has 0 saturated carbocycles. The van der Waals surface area contributed by atoms with E-state index in [9.17, 15) is 0 Å². The zero-order chi connectivity index (χ0) is 12.3. The van der Waals surface area contributed by atoms with E-state index in [-0.39, 0.29) is 0 Å². The van der Waals surface area contributed by atoms with Crippen LogP contribution in [-0.2, 0) is 6.42 Å². The Morgan fingerprint density at radius 3 is 2.76 bits per heavy atom. The summed E-state index contributed by atoms with van der Waals surface area (Å²) in [4.78, 5) is 4.39. The van der Waals surface area contributed by atoms with E-state index >= 15 is 0 Å². The van der Waals surface area contributed by atoms with Crippen LogP contribution >= 0.6 is 0 Å². The van der Waals surface area contributed by atoms with E-state index in [4.69, 9.17) is 10.5 Å². The normalized spacial score (nSPS) is 10.7. The molecule has 0 radical (unpaired) electrons. The number of pyridine rings is 1. The Kier molecular flexibility index (Phi) is 3.47. The molecule has 0 atom stereocenters. The number of fused-ring (bicyclic) bond motifs is 1. The minimum Gasteiger partial charge on any atom is -0.494 e. The van der Waals surface area contributed by atoms with Gasteiger partial charge in [-0.05, 0) is 42.7 Å². The third kappa shape index (κ3) is 2.49. The summed E-state index contributed by atoms with van der Waals surface area (Å²) in [6.45, 7) is 4.92. The second-order valence-electron chi connectivity index (χ2n) is 4.09. The van der Waals surface area contributed by atoms with Crippen molar-refractivity contribution in [2.24, 2.45) is 0 Å². The molecule has 1 aromatic carbocycles. The zero-order valence-corrected chi connectivity index (χ0v) is 10.4. The second kappa shape index (κ2) is 5.04. The van der Waals surface area contributed by atoms with Gasteiger partial charge in [0.25, 0.3) is 0 Å². The monoisotopic (exact) mass is 230 g/mol. The van der Waals surface area contributed by atoms with E-state index < -0.39 is 0 Å². The second-order valence-corrected chi connectivity index (χ2v) is 4.09. The van der Waals surface area contributed by atoms with Crippen LogP contribution in [-0.4, -0.2) is 11.6 Å². The van der Waals surface area contributed by atoms with Gasteiger partial charge in [-0.1, -0.05) is 13.8 Å². The van der Waals surface area contributed by atoms with Crippen LogP contribution in [0.5, 0.6) is 5.75 Å². The molecule has 0 amide bonds. The van der Waals surface area contributed by atoms with Gasteiger partial charge in [0.1, 0.15) is 11.6 Å². The first-order chi connectivity index (χ1) is 8.24. The molecule has 90 valence electrons. The summed E-state index contributed by atoms with van der Waals surface area (Å²) < 4.78 is 5.61. The molecule has 0 unspecified atom stereocenters. The third-order valence-electron chi connectivity index (χ3n) is 2.75. The van der Waals surface area contributed by atoms with E-state index in [0.717, 1.165) is 41.7 Å². The van der Waals surface area contributed by atoms with Crippen LogP contribution in [0.15, 0.2) is 24.3 Å². The average molecular weight is 230 g/mol. The number of aromatic nitrogens is 1. The fourth-order valence-electron chi connectivity index (χ4n) is 1.81. The molecule has 0 aliphatic heterocycles. The number of hydrogen-bond acceptors (Lipinski definition) is 3. The van der Waals surface area contributed by atoms with E-state index in [2.05, 4.69) is 24.9 Å². The van der Waals surface area contributed by atoms with Gasteiger partial charge in [0, 0.05) is 5.39 Å². The summed E-state index contributed by atoms with van der Waals surface area (Å²) in [7, 11) is 0. The van der Waals surface area contributed by atoms with Gasteiger partial charge in [0.15, 0.2) is 0 Å². The highest BCUT2D eigenvalue weighted by molar-refractivity contribution is 5.82. The summed E-state index contributed by atoms with van der Waals surface area (Å²) in [6.07, 6.45) is 1.91. The lowest BCUT2D eigenvalue weighted by molar-refractivity contribution is 0.318. The first-order valence-corrected chi connectivity index (χ1v) is 6.06. The Morgan fingerprint density at radius 1 is 1.24 bits per heavy atom. The van der Waals surface area contributed by atoms with Crippen LogP contribution in [0.2, 0.25) is 0 Å². The van der Waals surface area contributed by atoms with Crippen LogP contribution in [0, 0.1) is 0 Å². The predicted octanol–water partition coefficient (Wildman–Crippen LogP) is 3.17. The molecule has 17 heavy (non-hydrogen) atoms. The van der Waals surface area contributed by atoms with Crippen LogP contribution in [0.25, 0.3) is 10.9 Å². The maximum absolute atomic E-state index is 5.87. The smallest absolute Gasteiger partial charge is 0.127 e. The number of nitrogen functional groups attached to an aromatic ring is 1. The molecule has 2 N–H and O–H groups in total. The Bertz CT molecular complexity index is 523. The number of nitrogens with two attached hydrogens (primary N) is 1. The highest BCUT2D eigenvalue weighted by Gasteiger charge is 2.03. The van der Waals surface area contributed by atoms with Crippen LogP contribution in [0.1, 0.15) is 25.8 Å². The molecular weight excluding hydrogens is 212 g/mol. The standard InChI is InChI=1S/C14H18N2O/c1-3-7-17-12-5-6-13-11(9-12)8-10(4-2)14(15)16-13/h5-6,8-9H,3-4,7H2,1-2H3,(H2,15,16). The number of rotatable bonds is 4. The quantitative estimate of drug-likeness (QED) is 0.877. The molecular formula is C14H18N2O. The van der Waals surface area contributed by atoms with Gasteiger partial charge in [0.05, 0.1) is 12.1 Å². The topological polar surface area (TPSA) is 48.1 Å². The van der Waals surface area contributed by atoms with Gasteiger partial charge in [-0.3, -0.25) is 0 Å². The summed E-state index contributed by atoms with van der Waals surface area (Å²) in [5, 5.41) is 1.09. The van der Waals surface area contributed by atoms with E-state index in [1.54, 1.807) is 0 Å². The highest BCUT2D eigenvalue weighted by atomic mass is 16.5. The lowest BCUT2D eigenvalue weighted by atomic mass is 10.1. The third-order valence-corrected chi connectivity index (χ3v) is 2.75. The molecule has 0 saturated heterocycles. The molecule has 0 bridgehead atoms. The lowest BCUT2D eigenvalue weighted by Gasteiger charge is -2.08. The van der Waals surface area contributed by atoms with E-state index in [1.165, 1.54) is 0 Å². The number of aryl methyl sites for hydroxylation is 1. The fourth-order valence-corrected chi connectivity index (χ4v) is 1.81. The van der Waals surface area contributed by atoms with Crippen molar-refractivity contribution in [2.45, 2.75) is 26.7 Å². The lowest BCUT2D eigenvalue weighted by Crippen LogP contribution is -1.98. The SMILES string of the molecule is CCCOc1ccc2nc(N)c(CC)cc2c1. The van der Waals surface area contributed by atoms with Crippen molar-refractivity contribution >= 4 is 16.7 Å². The Morgan fingerprint density at radius 2 is 2.06 bits per heavy atom. The number of anilines is 1. The number of benzene rings is 1. The van der Waals surface area contributed by atoms with Gasteiger partial charge >= 0.3 is 0 Å². The molecule has 0 spiro atoms. The predicted molar refractivity (Wildman–Crippen MR) is 71.3 cm³/mol. The van der Waals surface area contributed by atoms with Gasteiger partial charge in [-0.25, -0.2) is 4.98 Å². The number of nitrogens with zero attached hydrogens (tertiary/aromatic N) is 1. The molecule has 3 heteroatoms. The van der Waals surface area contributed by atoms with Crippen molar-refractivity contribution in [3.63, 3.8) is 0 Å². The van der Waals surface area contributed by atoms with E-state index in [1.807, 2.05) is 18.2 Å². The average Bonchev–Trinajstić information content (AvgIpc) is 2.35. The van der Waals surface area contributed by atoms with Gasteiger partial charge in [0.2, 0.25) is 0 Å². The van der Waals surface area contributed by atoms with Crippen molar-refractivity contribution in [3.05, 3.63) is 29.8 Å². The van der Waals surface area contributed by atoms with Crippen molar-refractivity contribution in [1.29, 1.82) is 0 Å². The summed E-state index contributed by atoms with van der Waals surface area (Å²) in [5.41, 5.74) is 7.88. The molecule has 2 rings (SSSR count). The molecule has 1 aromatic heterocycles. The minimum atomic E-state index is 0.627. The first kappa shape index (κ1) is 11.7. The highest BCUT2D eigenvalue weighted by Crippen LogP contribution is 2.23. The van der Waals surface area contributed by atoms with Crippen LogP contribution in [0.4, 0.5) is 5.82 Å². The maximum Gasteiger partial charge on any atom is 0.127 e. The van der Waals surface area contributed by atoms with Crippen molar-refractivity contribution in [2.75, 3.05) is 12.3 Å². The van der Waals surface area contributed by atoms with Crippen molar-refractivity contribution in [1.82, 2.24) is 4.98 Å². The van der Waals surface area contributed by atoms with Crippen LogP contribution in [0.3, 0.4) is 0 Å². The molecule has 0 aliphatic carbocycles. The van der Waals surface area contributed by atoms with Gasteiger partial charge in [-0.2, -0.15) is 0 Å². The minimum absolute atomic E-state index is 0.627. The molecule has 0 aliphatic rings. The first-order valence-electron chi connectivity index (χ1n) is 6.06. The fraction of sp³-hybridized carbons (Fsp3) is 0.357. The van der Waals surface area contributed by atoms with E-state index in [0.29, 0.717) is 5.82 Å². The molecule has 2 aromatic rings. The van der Waals surface area contributed by atoms with Crippen molar-refractivity contribution < 1.29 is 4.74 Å². The molecule has 0 fully saturated rings. The zero-order valence-electron chi connectivity index (χ0n) is 10.4. The van der Waals surface area contributed by atoms with Crippen LogP contribution < -0.4 is 10.5 Å². The summed E-state index contributed by atoms with van der Waals surface area (Å²) in [6, 6.07) is 8.01. The van der Waals surface area contributed by atoms with Crippen molar-refractivity contribution in [3.8, 4) is 5.75 Å². The molecule has 3 nitrogen and oxygen atoms in total. The largest absolute Gasteiger partial charge is 0.494 e. The Balaban J connectivity index is 2.41. The molecule has 1 heterocycles.